The third kappa shape index (κ3) is 6.09. The molecule has 0 amide bonds. The number of nitrogens with two attached hydrogens (primary N) is 2. The van der Waals surface area contributed by atoms with Gasteiger partial charge in [0.2, 0.25) is 0 Å². The van der Waals surface area contributed by atoms with Crippen LogP contribution in [0.3, 0.4) is 0 Å². The molecule has 1 atom stereocenters. The summed E-state index contributed by atoms with van der Waals surface area (Å²) in [7, 11) is 0. The lowest BCUT2D eigenvalue weighted by Gasteiger charge is -2.06. The van der Waals surface area contributed by atoms with E-state index in [4.69, 9.17) is 23.1 Å². The van der Waals surface area contributed by atoms with Crippen LogP contribution in [0.1, 0.15) is 12.0 Å². The molecule has 0 spiro atoms. The lowest BCUT2D eigenvalue weighted by molar-refractivity contribution is 0.627. The number of benzene rings is 1. The monoisotopic (exact) mass is 254 g/mol. The summed E-state index contributed by atoms with van der Waals surface area (Å²) in [5, 5.41) is 0.724. The first-order valence-electron chi connectivity index (χ1n) is 5.37. The van der Waals surface area contributed by atoms with Crippen molar-refractivity contribution in [3.63, 3.8) is 0 Å². The van der Waals surface area contributed by atoms with E-state index < -0.39 is 5.95 Å². The molecule has 2 nitrogen and oxygen atoms in total. The quantitative estimate of drug-likeness (QED) is 0.627. The maximum atomic E-state index is 12.2. The van der Waals surface area contributed by atoms with Gasteiger partial charge in [0, 0.05) is 11.1 Å². The molecule has 0 heterocycles. The second-order valence-electron chi connectivity index (χ2n) is 3.77. The average Bonchev–Trinajstić information content (AvgIpc) is 2.28. The molecule has 0 fully saturated rings. The molecule has 0 aliphatic rings. The topological polar surface area (TPSA) is 52.0 Å². The van der Waals surface area contributed by atoms with Crippen LogP contribution in [0.2, 0.25) is 5.02 Å². The second kappa shape index (κ2) is 7.09. The molecule has 92 valence electrons. The van der Waals surface area contributed by atoms with E-state index in [1.807, 2.05) is 24.3 Å². The molecule has 1 aromatic rings. The Labute approximate surface area is 106 Å². The van der Waals surface area contributed by atoms with Crippen LogP contribution in [0, 0.1) is 0 Å². The van der Waals surface area contributed by atoms with E-state index >= 15 is 0 Å². The molecular weight excluding hydrogens is 239 g/mol. The number of rotatable bonds is 5. The Balaban J connectivity index is 2.38. The van der Waals surface area contributed by atoms with Gasteiger partial charge in [-0.25, -0.2) is 0 Å². The Morgan fingerprint density at radius 1 is 1.35 bits per heavy atom. The van der Waals surface area contributed by atoms with Crippen molar-refractivity contribution in [1.82, 2.24) is 0 Å². The van der Waals surface area contributed by atoms with Gasteiger partial charge in [0.1, 0.15) is 0 Å². The first-order chi connectivity index (χ1) is 8.08. The zero-order chi connectivity index (χ0) is 12.7. The van der Waals surface area contributed by atoms with E-state index in [2.05, 4.69) is 0 Å². The van der Waals surface area contributed by atoms with E-state index in [-0.39, 0.29) is 6.04 Å². The Bertz CT molecular complexity index is 394. The molecule has 1 aromatic carbocycles. The summed E-state index contributed by atoms with van der Waals surface area (Å²) in [5.74, 6) is -0.717. The fraction of sp³-hybridized carbons (Fsp3) is 0.231. The summed E-state index contributed by atoms with van der Waals surface area (Å²) < 4.78 is 12.2. The van der Waals surface area contributed by atoms with Crippen molar-refractivity contribution < 1.29 is 4.39 Å². The summed E-state index contributed by atoms with van der Waals surface area (Å²) in [5.41, 5.74) is 11.9. The Kier molecular flexibility index (Phi) is 5.73. The lowest BCUT2D eigenvalue weighted by atomic mass is 10.1. The Hall–Kier alpha value is -1.32. The van der Waals surface area contributed by atoms with Crippen LogP contribution in [-0.4, -0.2) is 6.04 Å². The Morgan fingerprint density at radius 3 is 2.59 bits per heavy atom. The van der Waals surface area contributed by atoms with Gasteiger partial charge in [0.05, 0.1) is 0 Å². The van der Waals surface area contributed by atoms with Crippen molar-refractivity contribution in [2.24, 2.45) is 11.5 Å². The molecule has 4 N–H and O–H groups in total. The van der Waals surface area contributed by atoms with Gasteiger partial charge >= 0.3 is 0 Å². The summed E-state index contributed by atoms with van der Waals surface area (Å²) in [4.78, 5) is 0. The van der Waals surface area contributed by atoms with Crippen molar-refractivity contribution in [3.05, 3.63) is 59.0 Å². The molecule has 1 unspecified atom stereocenters. The fourth-order valence-electron chi connectivity index (χ4n) is 1.37. The van der Waals surface area contributed by atoms with Crippen molar-refractivity contribution >= 4 is 11.6 Å². The van der Waals surface area contributed by atoms with Gasteiger partial charge in [-0.1, -0.05) is 35.9 Å². The summed E-state index contributed by atoms with van der Waals surface area (Å²) >= 11 is 5.78. The molecule has 0 aliphatic heterocycles. The standard InChI is InChI=1S/C13H16ClFN2/c14-11-7-4-10(5-8-11)6-9-12(16)2-1-3-13(15)17/h1-5,7-8,12H,6,9,16-17H2/b2-1-,13-3-. The highest BCUT2D eigenvalue weighted by Gasteiger charge is 1.99. The lowest BCUT2D eigenvalue weighted by Crippen LogP contribution is -2.17. The Morgan fingerprint density at radius 2 is 2.00 bits per heavy atom. The summed E-state index contributed by atoms with van der Waals surface area (Å²) in [6.07, 6.45) is 6.09. The van der Waals surface area contributed by atoms with Crippen LogP contribution in [0.4, 0.5) is 4.39 Å². The highest BCUT2D eigenvalue weighted by atomic mass is 35.5. The third-order valence-electron chi connectivity index (χ3n) is 2.29. The highest BCUT2D eigenvalue weighted by molar-refractivity contribution is 6.30. The molecule has 17 heavy (non-hydrogen) atoms. The van der Waals surface area contributed by atoms with Crippen LogP contribution < -0.4 is 11.5 Å². The van der Waals surface area contributed by atoms with E-state index in [0.29, 0.717) is 0 Å². The zero-order valence-corrected chi connectivity index (χ0v) is 10.2. The van der Waals surface area contributed by atoms with Crippen LogP contribution in [0.15, 0.2) is 48.4 Å². The van der Waals surface area contributed by atoms with Crippen molar-refractivity contribution in [3.8, 4) is 0 Å². The first kappa shape index (κ1) is 13.7. The second-order valence-corrected chi connectivity index (χ2v) is 4.20. The molecule has 0 saturated heterocycles. The molecule has 0 radical (unpaired) electrons. The van der Waals surface area contributed by atoms with Gasteiger partial charge in [-0.05, 0) is 36.6 Å². The fourth-order valence-corrected chi connectivity index (χ4v) is 1.50. The van der Waals surface area contributed by atoms with Crippen molar-refractivity contribution in [2.45, 2.75) is 18.9 Å². The summed E-state index contributed by atoms with van der Waals surface area (Å²) in [6, 6.07) is 7.53. The van der Waals surface area contributed by atoms with Gasteiger partial charge in [0.15, 0.2) is 5.95 Å². The summed E-state index contributed by atoms with van der Waals surface area (Å²) in [6.45, 7) is 0. The molecule has 0 saturated carbocycles. The minimum atomic E-state index is -0.717. The molecule has 0 bridgehead atoms. The predicted molar refractivity (Wildman–Crippen MR) is 70.3 cm³/mol. The van der Waals surface area contributed by atoms with Crippen LogP contribution >= 0.6 is 11.6 Å². The van der Waals surface area contributed by atoms with E-state index in [1.165, 1.54) is 17.7 Å². The molecule has 4 heteroatoms. The van der Waals surface area contributed by atoms with Gasteiger partial charge in [-0.3, -0.25) is 0 Å². The van der Waals surface area contributed by atoms with Crippen molar-refractivity contribution in [1.29, 1.82) is 0 Å². The number of hydrogen-bond donors (Lipinski definition) is 2. The smallest absolute Gasteiger partial charge is 0.184 e. The van der Waals surface area contributed by atoms with Crippen LogP contribution in [0.5, 0.6) is 0 Å². The zero-order valence-electron chi connectivity index (χ0n) is 9.44. The molecule has 1 rings (SSSR count). The van der Waals surface area contributed by atoms with Crippen LogP contribution in [0.25, 0.3) is 0 Å². The number of halogens is 2. The maximum Gasteiger partial charge on any atom is 0.184 e. The van der Waals surface area contributed by atoms with Gasteiger partial charge in [-0.15, -0.1) is 0 Å². The van der Waals surface area contributed by atoms with Gasteiger partial charge in [0.25, 0.3) is 0 Å². The van der Waals surface area contributed by atoms with Crippen molar-refractivity contribution in [2.75, 3.05) is 0 Å². The van der Waals surface area contributed by atoms with Crippen LogP contribution in [-0.2, 0) is 6.42 Å². The number of hydrogen-bond acceptors (Lipinski definition) is 2. The average molecular weight is 255 g/mol. The maximum absolute atomic E-state index is 12.2. The molecule has 0 aliphatic carbocycles. The normalized spacial score (nSPS) is 14.2. The van der Waals surface area contributed by atoms with Gasteiger partial charge in [-0.2, -0.15) is 4.39 Å². The van der Waals surface area contributed by atoms with E-state index in [9.17, 15) is 4.39 Å². The largest absolute Gasteiger partial charge is 0.376 e. The molecule has 0 aromatic heterocycles. The molecular formula is C13H16ClFN2. The van der Waals surface area contributed by atoms with E-state index in [1.54, 1.807) is 6.08 Å². The minimum absolute atomic E-state index is 0.110. The predicted octanol–water partition coefficient (Wildman–Crippen LogP) is 2.93. The SMILES string of the molecule is N/C(F)=C\C=C/C(N)CCc1ccc(Cl)cc1. The van der Waals surface area contributed by atoms with Gasteiger partial charge < -0.3 is 11.5 Å². The number of aryl methyl sites for hydroxylation is 1. The first-order valence-corrected chi connectivity index (χ1v) is 5.75. The third-order valence-corrected chi connectivity index (χ3v) is 2.55. The minimum Gasteiger partial charge on any atom is -0.376 e. The number of allylic oxidation sites excluding steroid dienone is 2. The van der Waals surface area contributed by atoms with E-state index in [0.717, 1.165) is 17.9 Å². The highest BCUT2D eigenvalue weighted by Crippen LogP contribution is 2.11.